The molecule has 0 saturated heterocycles. The molecule has 0 aromatic heterocycles. The van der Waals surface area contributed by atoms with Crippen LogP contribution in [0.2, 0.25) is 0 Å². The summed E-state index contributed by atoms with van der Waals surface area (Å²) >= 11 is 0.230. The van der Waals surface area contributed by atoms with E-state index in [1.54, 1.807) is 13.8 Å². The molecule has 0 aliphatic rings. The Hall–Kier alpha value is -0.640. The predicted octanol–water partition coefficient (Wildman–Crippen LogP) is 0.548. The summed E-state index contributed by atoms with van der Waals surface area (Å²) in [5.74, 6) is -0.446. The summed E-state index contributed by atoms with van der Waals surface area (Å²) in [7, 11) is 0. The number of carbonyl (C=O) groups is 1. The lowest BCUT2D eigenvalue weighted by Crippen LogP contribution is -2.14. The minimum Gasteiger partial charge on any atom is -0.417 e. The molecule has 0 aliphatic carbocycles. The molecule has 0 fully saturated rings. The summed E-state index contributed by atoms with van der Waals surface area (Å²) in [6.07, 6.45) is 0. The van der Waals surface area contributed by atoms with E-state index in [-0.39, 0.29) is 22.2 Å². The maximum atomic E-state index is 10.3. The van der Waals surface area contributed by atoms with Gasteiger partial charge < -0.3 is 4.74 Å². The molecule has 0 radical (unpaired) electrons. The number of ether oxygens (including phenoxy) is 1. The van der Waals surface area contributed by atoms with E-state index in [0.29, 0.717) is 0 Å². The fraction of sp³-hybridized carbons (Fsp3) is 0.667. The first kappa shape index (κ1) is 9.36. The van der Waals surface area contributed by atoms with E-state index >= 15 is 0 Å². The first-order valence-corrected chi connectivity index (χ1v) is 3.67. The number of hydrogen-bond donors (Lipinski definition) is 0. The molecule has 0 amide bonds. The van der Waals surface area contributed by atoms with E-state index in [1.807, 2.05) is 0 Å². The molecule has 0 unspecified atom stereocenters. The lowest BCUT2D eigenvalue weighted by atomic mass is 10.2. The van der Waals surface area contributed by atoms with Crippen LogP contribution in [0.3, 0.4) is 0 Å². The quantitative estimate of drug-likeness (QED) is 0.417. The van der Waals surface area contributed by atoms with Crippen molar-refractivity contribution in [3.8, 4) is 0 Å². The van der Waals surface area contributed by atoms with Crippen LogP contribution in [0.5, 0.6) is 0 Å². The summed E-state index contributed by atoms with van der Waals surface area (Å²) in [5, 5.41) is 0.229. The minimum absolute atomic E-state index is 0.00796. The van der Waals surface area contributed by atoms with Crippen molar-refractivity contribution in [1.82, 2.24) is 0 Å². The molecule has 4 heteroatoms. The molecule has 0 aromatic rings. The van der Waals surface area contributed by atoms with Crippen molar-refractivity contribution in [2.45, 2.75) is 20.8 Å². The van der Waals surface area contributed by atoms with Crippen LogP contribution in [0.1, 0.15) is 20.8 Å². The first-order chi connectivity index (χ1) is 4.57. The van der Waals surface area contributed by atoms with Crippen LogP contribution in [0.25, 0.3) is 0 Å². The van der Waals surface area contributed by atoms with Gasteiger partial charge in [0, 0.05) is 12.8 Å². The average Bonchev–Trinajstić information content (AvgIpc) is 1.81. The second-order valence-corrected chi connectivity index (χ2v) is 2.72. The zero-order chi connectivity index (χ0) is 8.15. The summed E-state index contributed by atoms with van der Waals surface area (Å²) in [5.41, 5.74) is 0. The second-order valence-electron chi connectivity index (χ2n) is 2.15. The molecular weight excluding hydrogens is 152 g/mol. The van der Waals surface area contributed by atoms with Crippen molar-refractivity contribution in [3.05, 3.63) is 0 Å². The van der Waals surface area contributed by atoms with Crippen molar-refractivity contribution in [3.63, 3.8) is 0 Å². The molecule has 0 spiro atoms. The van der Waals surface area contributed by atoms with Gasteiger partial charge in [-0.3, -0.25) is 4.79 Å². The molecule has 0 aromatic carbocycles. The highest BCUT2D eigenvalue weighted by Gasteiger charge is 2.07. The van der Waals surface area contributed by atoms with Gasteiger partial charge in [0.15, 0.2) is 0 Å². The maximum Gasteiger partial charge on any atom is 0.308 e. The van der Waals surface area contributed by atoms with Crippen molar-refractivity contribution in [2.24, 2.45) is 5.92 Å². The van der Waals surface area contributed by atoms with Crippen molar-refractivity contribution < 1.29 is 13.7 Å². The summed E-state index contributed by atoms with van der Waals surface area (Å²) < 4.78 is 14.8. The molecule has 3 nitrogen and oxygen atoms in total. The van der Waals surface area contributed by atoms with Gasteiger partial charge in [-0.2, -0.15) is 0 Å². The maximum absolute atomic E-state index is 10.3. The molecule has 0 saturated carbocycles. The van der Waals surface area contributed by atoms with E-state index in [4.69, 9.17) is 0 Å². The fourth-order valence-electron chi connectivity index (χ4n) is 0.373. The SMILES string of the molecule is CC(=O)OC(=S=O)C(C)C. The Balaban J connectivity index is 4.13. The molecule has 0 rings (SSSR count). The van der Waals surface area contributed by atoms with Gasteiger partial charge in [0.1, 0.15) is 11.3 Å². The number of esters is 1. The Kier molecular flexibility index (Phi) is 3.95. The van der Waals surface area contributed by atoms with Crippen LogP contribution < -0.4 is 0 Å². The monoisotopic (exact) mass is 162 g/mol. The highest BCUT2D eigenvalue weighted by molar-refractivity contribution is 7.66. The van der Waals surface area contributed by atoms with Gasteiger partial charge in [-0.1, -0.05) is 13.8 Å². The van der Waals surface area contributed by atoms with E-state index in [9.17, 15) is 9.00 Å². The van der Waals surface area contributed by atoms with E-state index in [0.717, 1.165) is 0 Å². The zero-order valence-electron chi connectivity index (χ0n) is 6.21. The Morgan fingerprint density at radius 1 is 1.50 bits per heavy atom. The van der Waals surface area contributed by atoms with Crippen molar-refractivity contribution in [1.29, 1.82) is 0 Å². The summed E-state index contributed by atoms with van der Waals surface area (Å²) in [4.78, 5) is 10.3. The Morgan fingerprint density at radius 3 is 2.10 bits per heavy atom. The highest BCUT2D eigenvalue weighted by atomic mass is 32.1. The fourth-order valence-corrected chi connectivity index (χ4v) is 0.717. The number of rotatable bonds is 1. The van der Waals surface area contributed by atoms with Crippen LogP contribution in [-0.4, -0.2) is 15.2 Å². The lowest BCUT2D eigenvalue weighted by Gasteiger charge is -2.03. The van der Waals surface area contributed by atoms with Gasteiger partial charge in [0.25, 0.3) is 0 Å². The largest absolute Gasteiger partial charge is 0.417 e. The topological polar surface area (TPSA) is 43.4 Å². The standard InChI is InChI=1S/C6H10O3S/c1-4(2)6(10-8)9-5(3)7/h4H,1-3H3. The third kappa shape index (κ3) is 3.40. The zero-order valence-corrected chi connectivity index (χ0v) is 7.03. The van der Waals surface area contributed by atoms with Gasteiger partial charge in [-0.15, -0.1) is 0 Å². The lowest BCUT2D eigenvalue weighted by molar-refractivity contribution is -0.133. The third-order valence-electron chi connectivity index (χ3n) is 0.798. The van der Waals surface area contributed by atoms with Crippen LogP contribution in [0, 0.1) is 5.92 Å². The Morgan fingerprint density at radius 2 is 2.00 bits per heavy atom. The van der Waals surface area contributed by atoms with Gasteiger partial charge in [0.2, 0.25) is 5.05 Å². The minimum atomic E-state index is -0.438. The second kappa shape index (κ2) is 4.22. The molecule has 0 heterocycles. The van der Waals surface area contributed by atoms with Crippen LogP contribution in [0.15, 0.2) is 0 Å². The average molecular weight is 162 g/mol. The van der Waals surface area contributed by atoms with Gasteiger partial charge in [0.05, 0.1) is 0 Å². The van der Waals surface area contributed by atoms with E-state index < -0.39 is 5.97 Å². The molecule has 58 valence electrons. The Labute approximate surface area is 63.4 Å². The number of carbonyl (C=O) groups excluding carboxylic acids is 1. The van der Waals surface area contributed by atoms with Crippen LogP contribution in [-0.2, 0) is 20.8 Å². The van der Waals surface area contributed by atoms with Crippen molar-refractivity contribution >= 4 is 22.3 Å². The van der Waals surface area contributed by atoms with Crippen LogP contribution in [0.4, 0.5) is 0 Å². The molecule has 10 heavy (non-hydrogen) atoms. The molecule has 0 N–H and O–H groups in total. The smallest absolute Gasteiger partial charge is 0.308 e. The molecule has 0 aliphatic heterocycles. The molecule has 0 atom stereocenters. The van der Waals surface area contributed by atoms with E-state index in [2.05, 4.69) is 4.74 Å². The Bertz CT molecular complexity index is 179. The van der Waals surface area contributed by atoms with Gasteiger partial charge in [-0.05, 0) is 0 Å². The summed E-state index contributed by atoms with van der Waals surface area (Å²) in [6.45, 7) is 4.87. The summed E-state index contributed by atoms with van der Waals surface area (Å²) in [6, 6.07) is 0. The number of hydrogen-bond acceptors (Lipinski definition) is 3. The normalized spacial score (nSPS) is 9.20. The first-order valence-electron chi connectivity index (χ1n) is 2.93. The molecule has 0 bridgehead atoms. The van der Waals surface area contributed by atoms with E-state index in [1.165, 1.54) is 6.92 Å². The van der Waals surface area contributed by atoms with Gasteiger partial charge >= 0.3 is 5.97 Å². The third-order valence-corrected chi connectivity index (χ3v) is 1.52. The van der Waals surface area contributed by atoms with Gasteiger partial charge in [-0.25, -0.2) is 4.21 Å². The predicted molar refractivity (Wildman–Crippen MR) is 39.8 cm³/mol. The molecular formula is C6H10O3S. The van der Waals surface area contributed by atoms with Crippen molar-refractivity contribution in [2.75, 3.05) is 0 Å². The highest BCUT2D eigenvalue weighted by Crippen LogP contribution is 1.96. The van der Waals surface area contributed by atoms with Crippen LogP contribution >= 0.6 is 0 Å².